The molecule has 1 aromatic rings. The normalized spacial score (nSPS) is 11.5. The predicted molar refractivity (Wildman–Crippen MR) is 70.3 cm³/mol. The Labute approximate surface area is 104 Å². The highest BCUT2D eigenvalue weighted by molar-refractivity contribution is 5.13. The summed E-state index contributed by atoms with van der Waals surface area (Å²) in [4.78, 5) is 0. The summed E-state index contributed by atoms with van der Waals surface area (Å²) in [6.07, 6.45) is 3.62. The van der Waals surface area contributed by atoms with E-state index in [0.717, 1.165) is 24.4 Å². The van der Waals surface area contributed by atoms with E-state index < -0.39 is 0 Å². The van der Waals surface area contributed by atoms with Gasteiger partial charge in [-0.25, -0.2) is 0 Å². The summed E-state index contributed by atoms with van der Waals surface area (Å²) in [7, 11) is 0. The Bertz CT molecular complexity index is 363. The van der Waals surface area contributed by atoms with Crippen LogP contribution in [0.3, 0.4) is 0 Å². The molecule has 0 unspecified atom stereocenters. The van der Waals surface area contributed by atoms with Crippen molar-refractivity contribution in [2.75, 3.05) is 13.2 Å². The van der Waals surface area contributed by atoms with Gasteiger partial charge in [-0.3, -0.25) is 4.68 Å². The van der Waals surface area contributed by atoms with Crippen molar-refractivity contribution in [1.82, 2.24) is 15.1 Å². The first kappa shape index (κ1) is 13.8. The highest BCUT2D eigenvalue weighted by atomic mass is 16.5. The molecule has 0 atom stereocenters. The number of nitrogens with one attached hydrogen (secondary N) is 1. The lowest BCUT2D eigenvalue weighted by Crippen LogP contribution is -2.37. The van der Waals surface area contributed by atoms with E-state index >= 15 is 0 Å². The van der Waals surface area contributed by atoms with Crippen molar-refractivity contribution in [3.05, 3.63) is 24.5 Å². The fourth-order valence-electron chi connectivity index (χ4n) is 1.22. The molecule has 96 valence electrons. The van der Waals surface area contributed by atoms with Gasteiger partial charge in [-0.2, -0.15) is 5.10 Å². The van der Waals surface area contributed by atoms with Crippen LogP contribution in [0, 0.1) is 0 Å². The van der Waals surface area contributed by atoms with E-state index in [1.807, 2.05) is 17.8 Å². The second-order valence-electron chi connectivity index (χ2n) is 5.17. The maximum atomic E-state index is 5.59. The minimum absolute atomic E-state index is 0.107. The maximum absolute atomic E-state index is 5.59. The van der Waals surface area contributed by atoms with Crippen molar-refractivity contribution in [1.29, 1.82) is 0 Å². The summed E-state index contributed by atoms with van der Waals surface area (Å²) in [5, 5.41) is 7.52. The summed E-state index contributed by atoms with van der Waals surface area (Å²) in [5.41, 5.74) is 1.14. The molecule has 0 aromatic carbocycles. The third kappa shape index (κ3) is 5.54. The van der Waals surface area contributed by atoms with Gasteiger partial charge >= 0.3 is 0 Å². The van der Waals surface area contributed by atoms with Crippen LogP contribution in [0.1, 0.15) is 27.7 Å². The molecule has 0 amide bonds. The van der Waals surface area contributed by atoms with Crippen molar-refractivity contribution in [2.24, 2.45) is 0 Å². The van der Waals surface area contributed by atoms with Crippen LogP contribution in [0.2, 0.25) is 0 Å². The van der Waals surface area contributed by atoms with Crippen molar-refractivity contribution < 1.29 is 4.74 Å². The average Bonchev–Trinajstić information content (AvgIpc) is 2.70. The van der Waals surface area contributed by atoms with Gasteiger partial charge < -0.3 is 10.1 Å². The van der Waals surface area contributed by atoms with E-state index in [-0.39, 0.29) is 5.54 Å². The first-order chi connectivity index (χ1) is 7.90. The van der Waals surface area contributed by atoms with Crippen LogP contribution in [0.4, 0.5) is 0 Å². The quantitative estimate of drug-likeness (QED) is 0.771. The molecule has 0 saturated carbocycles. The zero-order valence-electron chi connectivity index (χ0n) is 11.3. The van der Waals surface area contributed by atoms with Gasteiger partial charge in [0.15, 0.2) is 5.75 Å². The van der Waals surface area contributed by atoms with Crippen LogP contribution in [0.25, 0.3) is 0 Å². The van der Waals surface area contributed by atoms with Crippen molar-refractivity contribution in [2.45, 2.75) is 39.8 Å². The third-order valence-electron chi connectivity index (χ3n) is 2.25. The van der Waals surface area contributed by atoms with Crippen molar-refractivity contribution in [3.8, 4) is 5.75 Å². The first-order valence-corrected chi connectivity index (χ1v) is 5.97. The number of hydrogen-bond acceptors (Lipinski definition) is 3. The third-order valence-corrected chi connectivity index (χ3v) is 2.25. The summed E-state index contributed by atoms with van der Waals surface area (Å²) in [6, 6.07) is 0. The van der Waals surface area contributed by atoms with Crippen molar-refractivity contribution >= 4 is 0 Å². The second kappa shape index (κ2) is 5.87. The van der Waals surface area contributed by atoms with Crippen molar-refractivity contribution in [3.63, 3.8) is 0 Å². The van der Waals surface area contributed by atoms with Gasteiger partial charge in [0.05, 0.1) is 12.4 Å². The van der Waals surface area contributed by atoms with Gasteiger partial charge in [-0.15, -0.1) is 0 Å². The fraction of sp³-hybridized carbons (Fsp3) is 0.615. The minimum atomic E-state index is 0.107. The first-order valence-electron chi connectivity index (χ1n) is 5.97. The number of aromatic nitrogens is 2. The van der Waals surface area contributed by atoms with Crippen LogP contribution in [0.15, 0.2) is 24.5 Å². The molecule has 0 aliphatic rings. The number of hydrogen-bond donors (Lipinski definition) is 1. The fourth-order valence-corrected chi connectivity index (χ4v) is 1.22. The van der Waals surface area contributed by atoms with Gasteiger partial charge in [0.2, 0.25) is 0 Å². The Balaban J connectivity index is 2.28. The Morgan fingerprint density at radius 2 is 2.24 bits per heavy atom. The lowest BCUT2D eigenvalue weighted by Gasteiger charge is -2.21. The monoisotopic (exact) mass is 237 g/mol. The molecule has 0 aliphatic carbocycles. The molecule has 0 radical (unpaired) electrons. The largest absolute Gasteiger partial charge is 0.486 e. The molecule has 0 bridgehead atoms. The smallest absolute Gasteiger partial charge is 0.157 e. The predicted octanol–water partition coefficient (Wildman–Crippen LogP) is 2.23. The molecular formula is C13H23N3O. The van der Waals surface area contributed by atoms with Gasteiger partial charge in [-0.05, 0) is 33.3 Å². The zero-order chi connectivity index (χ0) is 12.9. The van der Waals surface area contributed by atoms with E-state index in [0.29, 0.717) is 6.61 Å². The van der Waals surface area contributed by atoms with E-state index in [2.05, 4.69) is 37.8 Å². The highest BCUT2D eigenvalue weighted by Gasteiger charge is 2.09. The Morgan fingerprint density at radius 3 is 2.76 bits per heavy atom. The van der Waals surface area contributed by atoms with Crippen LogP contribution in [-0.4, -0.2) is 28.5 Å². The standard InChI is InChI=1S/C13H23N3O/c1-6-16-9-12(8-15-16)17-10-11(2)7-14-13(3,4)5/h8-9,14H,2,6-7,10H2,1,3-5H3. The van der Waals surface area contributed by atoms with Crippen LogP contribution >= 0.6 is 0 Å². The Hall–Kier alpha value is -1.29. The molecule has 1 rings (SSSR count). The van der Waals surface area contributed by atoms with E-state index in [1.165, 1.54) is 0 Å². The lowest BCUT2D eigenvalue weighted by molar-refractivity contribution is 0.341. The molecule has 4 heteroatoms. The van der Waals surface area contributed by atoms with Gasteiger partial charge in [0.25, 0.3) is 0 Å². The lowest BCUT2D eigenvalue weighted by atomic mass is 10.1. The number of aryl methyl sites for hydroxylation is 1. The number of ether oxygens (including phenoxy) is 1. The maximum Gasteiger partial charge on any atom is 0.157 e. The molecule has 0 saturated heterocycles. The van der Waals surface area contributed by atoms with Gasteiger partial charge in [-0.1, -0.05) is 6.58 Å². The molecule has 4 nitrogen and oxygen atoms in total. The Kier molecular flexibility index (Phi) is 4.75. The van der Waals surface area contributed by atoms with E-state index in [4.69, 9.17) is 4.74 Å². The van der Waals surface area contributed by atoms with Gasteiger partial charge in [0.1, 0.15) is 6.61 Å². The summed E-state index contributed by atoms with van der Waals surface area (Å²) < 4.78 is 7.43. The molecular weight excluding hydrogens is 214 g/mol. The summed E-state index contributed by atoms with van der Waals surface area (Å²) >= 11 is 0. The molecule has 0 aliphatic heterocycles. The molecule has 17 heavy (non-hydrogen) atoms. The molecule has 1 heterocycles. The van der Waals surface area contributed by atoms with E-state index in [9.17, 15) is 0 Å². The Morgan fingerprint density at radius 1 is 1.53 bits per heavy atom. The van der Waals surface area contributed by atoms with E-state index in [1.54, 1.807) is 6.20 Å². The molecule has 1 aromatic heterocycles. The van der Waals surface area contributed by atoms with Crippen LogP contribution in [-0.2, 0) is 6.54 Å². The molecule has 1 N–H and O–H groups in total. The summed E-state index contributed by atoms with van der Waals surface area (Å²) in [5.74, 6) is 0.795. The van der Waals surface area contributed by atoms with Crippen LogP contribution < -0.4 is 10.1 Å². The molecule has 0 spiro atoms. The van der Waals surface area contributed by atoms with Gasteiger partial charge in [0, 0.05) is 18.6 Å². The zero-order valence-corrected chi connectivity index (χ0v) is 11.3. The highest BCUT2D eigenvalue weighted by Crippen LogP contribution is 2.09. The summed E-state index contributed by atoms with van der Waals surface area (Å²) in [6.45, 7) is 14.6. The molecule has 0 fully saturated rings. The second-order valence-corrected chi connectivity index (χ2v) is 5.17. The number of rotatable bonds is 6. The topological polar surface area (TPSA) is 39.1 Å². The number of nitrogens with zero attached hydrogens (tertiary/aromatic N) is 2. The minimum Gasteiger partial charge on any atom is -0.486 e. The SMILES string of the molecule is C=C(CNC(C)(C)C)COc1cnn(CC)c1. The van der Waals surface area contributed by atoms with Crippen LogP contribution in [0.5, 0.6) is 5.75 Å². The average molecular weight is 237 g/mol.